The molecule has 0 aliphatic heterocycles. The van der Waals surface area contributed by atoms with E-state index in [1.165, 1.54) is 18.2 Å². The zero-order valence-corrected chi connectivity index (χ0v) is 52.5. The van der Waals surface area contributed by atoms with E-state index < -0.39 is 42.8 Å². The van der Waals surface area contributed by atoms with E-state index in [2.05, 4.69) is 167 Å². The van der Waals surface area contributed by atoms with Gasteiger partial charge in [0, 0.05) is 22.1 Å². The van der Waals surface area contributed by atoms with Gasteiger partial charge < -0.3 is 9.47 Å². The minimum Gasteiger partial charge on any atom is -0.483 e. The quantitative estimate of drug-likeness (QED) is 0.0540. The second kappa shape index (κ2) is 22.3. The predicted molar refractivity (Wildman–Crippen MR) is 342 cm³/mol. The molecule has 434 valence electrons. The van der Waals surface area contributed by atoms with E-state index in [1.807, 2.05) is 100 Å². The lowest BCUT2D eigenvalue weighted by atomic mass is 9.46. The van der Waals surface area contributed by atoms with Crippen molar-refractivity contribution in [2.75, 3.05) is 0 Å². The van der Waals surface area contributed by atoms with Crippen molar-refractivity contribution in [2.24, 2.45) is 5.41 Å². The molecule has 0 amide bonds. The first-order chi connectivity index (χ1) is 40.0. The third-order valence-corrected chi connectivity index (χ3v) is 19.9. The lowest BCUT2D eigenvalue weighted by Gasteiger charge is -2.56. The summed E-state index contributed by atoms with van der Waals surface area (Å²) < 4.78 is 48.1. The summed E-state index contributed by atoms with van der Waals surface area (Å²) in [7, 11) is -4.56. The van der Waals surface area contributed by atoms with Gasteiger partial charge in [-0.1, -0.05) is 223 Å². The number of ketones is 1. The third kappa shape index (κ3) is 10.3. The summed E-state index contributed by atoms with van der Waals surface area (Å²) in [6, 6.07) is 62.3. The molecule has 0 spiro atoms. The van der Waals surface area contributed by atoms with E-state index in [1.54, 1.807) is 6.07 Å². The van der Waals surface area contributed by atoms with Gasteiger partial charge in [0.25, 0.3) is 10.1 Å². The largest absolute Gasteiger partial charge is 0.483 e. The van der Waals surface area contributed by atoms with Crippen LogP contribution in [0.3, 0.4) is 0 Å². The van der Waals surface area contributed by atoms with E-state index in [9.17, 15) is 28.3 Å². The van der Waals surface area contributed by atoms with Crippen molar-refractivity contribution in [1.29, 1.82) is 10.5 Å². The van der Waals surface area contributed by atoms with Crippen LogP contribution in [0.1, 0.15) is 187 Å². The van der Waals surface area contributed by atoms with Crippen molar-refractivity contribution >= 4 is 15.9 Å². The fraction of sp³-hybridized carbons (Fsp3) is 0.303. The van der Waals surface area contributed by atoms with Gasteiger partial charge in [0.05, 0.1) is 27.5 Å². The van der Waals surface area contributed by atoms with Crippen LogP contribution in [0.4, 0.5) is 0 Å². The van der Waals surface area contributed by atoms with Crippen molar-refractivity contribution < 1.29 is 27.2 Å². The Morgan fingerprint density at radius 2 is 1.09 bits per heavy atom. The molecular formula is C76H78N2O6S. The normalized spacial score (nSPS) is 14.6. The van der Waals surface area contributed by atoms with Crippen molar-refractivity contribution in [3.05, 3.63) is 260 Å². The molecule has 0 fully saturated rings. The van der Waals surface area contributed by atoms with Crippen LogP contribution in [0.2, 0.25) is 0 Å². The molecule has 0 saturated carbocycles. The van der Waals surface area contributed by atoms with Crippen molar-refractivity contribution in [1.82, 2.24) is 0 Å². The van der Waals surface area contributed by atoms with Gasteiger partial charge in [0.2, 0.25) is 0 Å². The highest BCUT2D eigenvalue weighted by Gasteiger charge is 2.55. The Labute approximate surface area is 504 Å². The van der Waals surface area contributed by atoms with Crippen LogP contribution >= 0.6 is 0 Å². The number of rotatable bonds is 17. The summed E-state index contributed by atoms with van der Waals surface area (Å²) in [5.74, 6) is 1.29. The average Bonchev–Trinajstić information content (AvgIpc) is 1.73. The first-order valence-corrected chi connectivity index (χ1v) is 30.7. The van der Waals surface area contributed by atoms with E-state index in [0.717, 1.165) is 66.8 Å². The van der Waals surface area contributed by atoms with Crippen LogP contribution in [0.25, 0.3) is 11.1 Å². The van der Waals surface area contributed by atoms with E-state index >= 15 is 0 Å². The zero-order valence-electron chi connectivity index (χ0n) is 51.7. The molecule has 2 unspecified atom stereocenters. The van der Waals surface area contributed by atoms with Gasteiger partial charge in [-0.05, 0) is 153 Å². The van der Waals surface area contributed by atoms with E-state index in [4.69, 9.17) is 9.47 Å². The molecule has 1 N–H and O–H groups in total. The van der Waals surface area contributed by atoms with Crippen LogP contribution in [0.15, 0.2) is 193 Å². The minimum atomic E-state index is -4.56. The number of ether oxygens (including phenoxy) is 2. The van der Waals surface area contributed by atoms with Gasteiger partial charge in [-0.2, -0.15) is 18.9 Å². The molecule has 85 heavy (non-hydrogen) atoms. The lowest BCUT2D eigenvalue weighted by molar-refractivity contribution is 0.0821. The summed E-state index contributed by atoms with van der Waals surface area (Å²) >= 11 is 0. The van der Waals surface area contributed by atoms with Crippen LogP contribution in [-0.2, 0) is 42.8 Å². The van der Waals surface area contributed by atoms with E-state index in [-0.39, 0.29) is 21.7 Å². The molecule has 0 heterocycles. The second-order valence-electron chi connectivity index (χ2n) is 26.2. The molecule has 1 aliphatic carbocycles. The van der Waals surface area contributed by atoms with Gasteiger partial charge in [0.15, 0.2) is 5.78 Å². The van der Waals surface area contributed by atoms with Crippen LogP contribution in [-0.4, -0.2) is 18.8 Å². The molecule has 0 saturated heterocycles. The number of fused-ring (bicyclic) bond motifs is 3. The van der Waals surface area contributed by atoms with Crippen LogP contribution in [0, 0.1) is 28.1 Å². The highest BCUT2D eigenvalue weighted by Crippen LogP contribution is 2.61. The maximum Gasteiger partial charge on any atom is 0.294 e. The van der Waals surface area contributed by atoms with Gasteiger partial charge in [-0.15, -0.1) is 0 Å². The summed E-state index contributed by atoms with van der Waals surface area (Å²) in [6.07, 6.45) is 1.21. The molecule has 9 heteroatoms. The predicted octanol–water partition coefficient (Wildman–Crippen LogP) is 18.6. The molecule has 2 atom stereocenters. The zero-order chi connectivity index (χ0) is 61.9. The molecule has 1 aliphatic rings. The number of hydrogen-bond acceptors (Lipinski definition) is 7. The van der Waals surface area contributed by atoms with Gasteiger partial charge in [-0.3, -0.25) is 9.35 Å². The highest BCUT2D eigenvalue weighted by atomic mass is 32.2. The van der Waals surface area contributed by atoms with Crippen molar-refractivity contribution in [3.8, 4) is 40.5 Å². The number of benzene rings is 8. The third-order valence-electron chi connectivity index (χ3n) is 19.0. The average molecular weight is 1150 g/mol. The Morgan fingerprint density at radius 3 is 1.61 bits per heavy atom. The Kier molecular flexibility index (Phi) is 16.0. The number of carbonyl (C=O) groups excluding carboxylic acids is 1. The fourth-order valence-electron chi connectivity index (χ4n) is 13.8. The highest BCUT2D eigenvalue weighted by molar-refractivity contribution is 7.85. The summed E-state index contributed by atoms with van der Waals surface area (Å²) in [5.41, 5.74) is 8.98. The standard InChI is InChI=1S/C76H78N2O6S/c1-16-74(15,64-32-23-31-62(60(64)47-77)70(5,6)7)84-55-42-37-52(38-43-55)76(66-29-20-18-27-57(66)58-28-19-21-30-67(58)76)51-35-40-54(41-36-51)83-68-34-24-33-65(61(68)48-78)75(17-2,49(3)4)73(13,14)72(11,12)53-39-44-63(71(8,9)10)59(46-53)69(79)50-25-22-26-56(45-50)85(80,81)82/h18-46H,3,16-17H2,1-2,4-15H3,(H,80,81,82). The molecule has 0 radical (unpaired) electrons. The minimum absolute atomic E-state index is 0.140. The molecule has 8 aromatic rings. The van der Waals surface area contributed by atoms with E-state index in [0.29, 0.717) is 46.8 Å². The fourth-order valence-corrected chi connectivity index (χ4v) is 14.3. The SMILES string of the molecule is C=C(C)C(CC)(c1cccc(Oc2ccc(C3(c4ccc(OC(C)(CC)c5cccc(C(C)(C)C)c5C#N)cc4)c4ccccc4-c4ccccc43)cc2)c1C#N)C(C)(C)C(C)(C)c1ccc(C(C)(C)C)c(C(=O)c2cccc(S(=O)(=O)O)c2)c1. The number of carbonyl (C=O) groups is 1. The van der Waals surface area contributed by atoms with Crippen molar-refractivity contribution in [2.45, 2.75) is 147 Å². The molecule has 9 rings (SSSR count). The van der Waals surface area contributed by atoms with Crippen molar-refractivity contribution in [3.63, 3.8) is 0 Å². The summed E-state index contributed by atoms with van der Waals surface area (Å²) in [4.78, 5) is 14.3. The maximum atomic E-state index is 14.6. The van der Waals surface area contributed by atoms with Gasteiger partial charge in [-0.25, -0.2) is 0 Å². The smallest absolute Gasteiger partial charge is 0.294 e. The molecule has 0 aromatic heterocycles. The molecule has 8 aromatic carbocycles. The first kappa shape index (κ1) is 61.2. The topological polar surface area (TPSA) is 137 Å². The Morgan fingerprint density at radius 1 is 0.576 bits per heavy atom. The lowest BCUT2D eigenvalue weighted by Crippen LogP contribution is -2.53. The summed E-state index contributed by atoms with van der Waals surface area (Å²) in [5, 5.41) is 21.9. The Hall–Kier alpha value is -8.34. The van der Waals surface area contributed by atoms with Crippen LogP contribution in [0.5, 0.6) is 17.2 Å². The molecular weight excluding hydrogens is 1070 g/mol. The Balaban J connectivity index is 1.10. The number of allylic oxidation sites excluding steroid dienone is 1. The van der Waals surface area contributed by atoms with Crippen LogP contribution < -0.4 is 9.47 Å². The first-order valence-electron chi connectivity index (χ1n) is 29.3. The molecule has 8 nitrogen and oxygen atoms in total. The monoisotopic (exact) mass is 1150 g/mol. The van der Waals surface area contributed by atoms with Gasteiger partial charge in [0.1, 0.15) is 28.9 Å². The van der Waals surface area contributed by atoms with Gasteiger partial charge >= 0.3 is 0 Å². The Bertz CT molecular complexity index is 4080. The summed E-state index contributed by atoms with van der Waals surface area (Å²) in [6.45, 7) is 34.2. The number of nitrogens with zero attached hydrogens (tertiary/aromatic N) is 2. The number of nitriles is 2. The number of hydrogen-bond donors (Lipinski definition) is 1. The molecule has 0 bridgehead atoms. The maximum absolute atomic E-state index is 14.6. The second-order valence-corrected chi connectivity index (χ2v) is 27.6.